The van der Waals surface area contributed by atoms with Crippen molar-refractivity contribution < 1.29 is 23.9 Å². The van der Waals surface area contributed by atoms with Crippen molar-refractivity contribution in [3.63, 3.8) is 0 Å². The van der Waals surface area contributed by atoms with E-state index < -0.39 is 17.8 Å². The van der Waals surface area contributed by atoms with Crippen molar-refractivity contribution in [2.24, 2.45) is 5.10 Å². The third-order valence-electron chi connectivity index (χ3n) is 5.55. The number of esters is 1. The Morgan fingerprint density at radius 3 is 2.44 bits per heavy atom. The average Bonchev–Trinajstić information content (AvgIpc) is 2.98. The van der Waals surface area contributed by atoms with E-state index in [0.717, 1.165) is 10.0 Å². The molecule has 0 spiro atoms. The third kappa shape index (κ3) is 8.38. The van der Waals surface area contributed by atoms with Crippen molar-refractivity contribution in [2.75, 3.05) is 12.4 Å². The van der Waals surface area contributed by atoms with Gasteiger partial charge in [-0.25, -0.2) is 10.2 Å². The van der Waals surface area contributed by atoms with Gasteiger partial charge in [0, 0.05) is 32.4 Å². The molecule has 0 aliphatic rings. The summed E-state index contributed by atoms with van der Waals surface area (Å²) in [5, 5.41) is 7.14. The number of hydrogen-bond donors (Lipinski definition) is 2. The molecule has 2 N–H and O–H groups in total. The largest absolute Gasteiger partial charge is 0.496 e. The van der Waals surface area contributed by atoms with E-state index in [-0.39, 0.29) is 16.9 Å². The highest BCUT2D eigenvalue weighted by Gasteiger charge is 2.14. The lowest BCUT2D eigenvalue weighted by atomic mass is 10.1. The van der Waals surface area contributed by atoms with Gasteiger partial charge in [-0.3, -0.25) is 9.59 Å². The Bertz CT molecular complexity index is 1640. The molecule has 2 amide bonds. The van der Waals surface area contributed by atoms with Crippen LogP contribution in [0.5, 0.6) is 11.5 Å². The number of amides is 2. The number of carbonyl (C=O) groups is 3. The summed E-state index contributed by atoms with van der Waals surface area (Å²) in [6.07, 6.45) is 4.34. The van der Waals surface area contributed by atoms with Crippen LogP contribution in [0.25, 0.3) is 6.08 Å². The predicted octanol–water partition coefficient (Wildman–Crippen LogP) is 6.75. The third-order valence-corrected chi connectivity index (χ3v) is 6.28. The normalized spacial score (nSPS) is 10.9. The van der Waals surface area contributed by atoms with Crippen molar-refractivity contribution >= 4 is 63.3 Å². The van der Waals surface area contributed by atoms with Gasteiger partial charge in [-0.15, -0.1) is 0 Å². The van der Waals surface area contributed by atoms with Crippen LogP contribution in [0, 0.1) is 0 Å². The molecule has 0 aliphatic heterocycles. The van der Waals surface area contributed by atoms with E-state index in [1.807, 2.05) is 30.3 Å². The number of carbonyl (C=O) groups excluding carboxylic acids is 3. The zero-order chi connectivity index (χ0) is 29.2. The van der Waals surface area contributed by atoms with E-state index in [0.29, 0.717) is 22.0 Å². The number of hydrogen-bond acceptors (Lipinski definition) is 6. The van der Waals surface area contributed by atoms with Crippen LogP contribution in [0.15, 0.2) is 107 Å². The Morgan fingerprint density at radius 2 is 1.66 bits per heavy atom. The Hall–Kier alpha value is -4.73. The first kappa shape index (κ1) is 29.3. The fourth-order valence-electron chi connectivity index (χ4n) is 3.60. The molecule has 0 saturated heterocycles. The fraction of sp³-hybridized carbons (Fsp3) is 0.0323. The highest BCUT2D eigenvalue weighted by atomic mass is 79.9. The van der Waals surface area contributed by atoms with Gasteiger partial charge < -0.3 is 14.8 Å². The number of ether oxygens (including phenoxy) is 2. The fourth-order valence-corrected chi connectivity index (χ4v) is 4.15. The zero-order valence-electron chi connectivity index (χ0n) is 21.6. The number of anilines is 1. The standard InChI is InChI=1S/C31H23BrClN3O5/c1-40-28-14-12-24(33)18-26(28)31(39)35-25-9-5-8-21(17-25)30(38)36-34-19-22-16-23(32)11-13-27(22)41-29(37)15-10-20-6-3-2-4-7-20/h2-19H,1H3,(H,35,39)(H,36,38)/b15-10+,34-19?. The molecule has 10 heteroatoms. The summed E-state index contributed by atoms with van der Waals surface area (Å²) in [6.45, 7) is 0. The number of benzene rings is 4. The lowest BCUT2D eigenvalue weighted by Gasteiger charge is -2.10. The molecule has 4 rings (SSSR count). The van der Waals surface area contributed by atoms with E-state index in [9.17, 15) is 14.4 Å². The maximum atomic E-state index is 12.8. The molecule has 0 aliphatic carbocycles. The first-order valence-electron chi connectivity index (χ1n) is 12.2. The molecule has 0 saturated carbocycles. The molecule has 4 aromatic rings. The number of nitrogens with one attached hydrogen (secondary N) is 2. The summed E-state index contributed by atoms with van der Waals surface area (Å²) in [5.41, 5.74) is 4.65. The van der Waals surface area contributed by atoms with Gasteiger partial charge in [-0.1, -0.05) is 63.9 Å². The van der Waals surface area contributed by atoms with Crippen molar-refractivity contribution in [2.45, 2.75) is 0 Å². The van der Waals surface area contributed by atoms with Gasteiger partial charge >= 0.3 is 5.97 Å². The van der Waals surface area contributed by atoms with Crippen LogP contribution in [0.2, 0.25) is 5.02 Å². The van der Waals surface area contributed by atoms with Crippen LogP contribution in [-0.4, -0.2) is 31.1 Å². The maximum absolute atomic E-state index is 12.8. The molecular formula is C31H23BrClN3O5. The van der Waals surface area contributed by atoms with Crippen molar-refractivity contribution in [3.05, 3.63) is 129 Å². The molecule has 0 bridgehead atoms. The SMILES string of the molecule is COc1ccc(Cl)cc1C(=O)Nc1cccc(C(=O)NN=Cc2cc(Br)ccc2OC(=O)/C=C/c2ccccc2)c1. The summed E-state index contributed by atoms with van der Waals surface area (Å²) >= 11 is 9.41. The molecule has 0 aromatic heterocycles. The smallest absolute Gasteiger partial charge is 0.336 e. The molecule has 0 unspecified atom stereocenters. The van der Waals surface area contributed by atoms with Gasteiger partial charge in [0.15, 0.2) is 0 Å². The van der Waals surface area contributed by atoms with Crippen LogP contribution in [0.4, 0.5) is 5.69 Å². The second-order valence-corrected chi connectivity index (χ2v) is 9.78. The maximum Gasteiger partial charge on any atom is 0.336 e. The second-order valence-electron chi connectivity index (χ2n) is 8.43. The number of halogens is 2. The molecule has 8 nitrogen and oxygen atoms in total. The number of rotatable bonds is 9. The number of methoxy groups -OCH3 is 1. The topological polar surface area (TPSA) is 106 Å². The second kappa shape index (κ2) is 14.1. The van der Waals surface area contributed by atoms with Crippen molar-refractivity contribution in [1.82, 2.24) is 5.43 Å². The van der Waals surface area contributed by atoms with E-state index in [2.05, 4.69) is 31.8 Å². The first-order chi connectivity index (χ1) is 19.8. The van der Waals surface area contributed by atoms with Crippen molar-refractivity contribution in [3.8, 4) is 11.5 Å². The lowest BCUT2D eigenvalue weighted by molar-refractivity contribution is -0.128. The summed E-state index contributed by atoms with van der Waals surface area (Å²) in [4.78, 5) is 37.9. The van der Waals surface area contributed by atoms with Gasteiger partial charge in [0.05, 0.1) is 18.9 Å². The summed E-state index contributed by atoms with van der Waals surface area (Å²) in [6, 6.07) is 25.4. The molecular weight excluding hydrogens is 610 g/mol. The highest BCUT2D eigenvalue weighted by Crippen LogP contribution is 2.24. The minimum absolute atomic E-state index is 0.250. The predicted molar refractivity (Wildman–Crippen MR) is 163 cm³/mol. The van der Waals surface area contributed by atoms with Gasteiger partial charge in [0.2, 0.25) is 0 Å². The quantitative estimate of drug-likeness (QED) is 0.0699. The zero-order valence-corrected chi connectivity index (χ0v) is 24.0. The van der Waals surface area contributed by atoms with Gasteiger partial charge in [0.1, 0.15) is 11.5 Å². The van der Waals surface area contributed by atoms with Crippen molar-refractivity contribution in [1.29, 1.82) is 0 Å². The van der Waals surface area contributed by atoms with Crippen LogP contribution in [0.3, 0.4) is 0 Å². The molecule has 0 heterocycles. The average molecular weight is 633 g/mol. The Balaban J connectivity index is 1.41. The molecule has 0 fully saturated rings. The van der Waals surface area contributed by atoms with Crippen LogP contribution >= 0.6 is 27.5 Å². The van der Waals surface area contributed by atoms with E-state index in [1.54, 1.807) is 54.6 Å². The highest BCUT2D eigenvalue weighted by molar-refractivity contribution is 9.10. The Labute approximate surface area is 249 Å². The van der Waals surface area contributed by atoms with E-state index >= 15 is 0 Å². The minimum Gasteiger partial charge on any atom is -0.496 e. The molecule has 4 aromatic carbocycles. The monoisotopic (exact) mass is 631 g/mol. The Morgan fingerprint density at radius 1 is 0.878 bits per heavy atom. The van der Waals surface area contributed by atoms with Crippen LogP contribution < -0.4 is 20.2 Å². The number of nitrogens with zero attached hydrogens (tertiary/aromatic N) is 1. The Kier molecular flexibility index (Phi) is 10.0. The van der Waals surface area contributed by atoms with Crippen LogP contribution in [0.1, 0.15) is 31.8 Å². The summed E-state index contributed by atoms with van der Waals surface area (Å²) < 4.78 is 11.4. The van der Waals surface area contributed by atoms with E-state index in [1.165, 1.54) is 31.5 Å². The first-order valence-corrected chi connectivity index (χ1v) is 13.3. The van der Waals surface area contributed by atoms with Gasteiger partial charge in [-0.2, -0.15) is 5.10 Å². The van der Waals surface area contributed by atoms with E-state index in [4.69, 9.17) is 21.1 Å². The molecule has 0 radical (unpaired) electrons. The molecule has 206 valence electrons. The lowest BCUT2D eigenvalue weighted by Crippen LogP contribution is -2.18. The van der Waals surface area contributed by atoms with Crippen LogP contribution in [-0.2, 0) is 4.79 Å². The minimum atomic E-state index is -0.566. The summed E-state index contributed by atoms with van der Waals surface area (Å²) in [5.74, 6) is -0.911. The molecule has 41 heavy (non-hydrogen) atoms. The van der Waals surface area contributed by atoms with Gasteiger partial charge in [-0.05, 0) is 66.2 Å². The van der Waals surface area contributed by atoms with Gasteiger partial charge in [0.25, 0.3) is 11.8 Å². The summed E-state index contributed by atoms with van der Waals surface area (Å²) in [7, 11) is 1.45. The number of hydrazone groups is 1. The molecule has 0 atom stereocenters.